The second-order valence-corrected chi connectivity index (χ2v) is 6.65. The summed E-state index contributed by atoms with van der Waals surface area (Å²) in [4.78, 5) is 2.76. The van der Waals surface area contributed by atoms with Crippen LogP contribution in [0.4, 0.5) is 0 Å². The molecule has 4 rings (SSSR count). The van der Waals surface area contributed by atoms with Gasteiger partial charge in [0, 0.05) is 19.2 Å². The minimum atomic E-state index is 0.452. The molecule has 0 N–H and O–H groups in total. The van der Waals surface area contributed by atoms with Crippen LogP contribution in [0.2, 0.25) is 0 Å². The number of ether oxygens (including phenoxy) is 2. The first-order chi connectivity index (χ1) is 8.92. The molecule has 2 heterocycles. The Kier molecular flexibility index (Phi) is 3.10. The summed E-state index contributed by atoms with van der Waals surface area (Å²) in [6.07, 6.45) is 8.93. The fourth-order valence-electron chi connectivity index (χ4n) is 4.94. The third-order valence-electron chi connectivity index (χ3n) is 5.81. The van der Waals surface area contributed by atoms with Crippen LogP contribution >= 0.6 is 0 Å². The Balaban J connectivity index is 1.46. The van der Waals surface area contributed by atoms with Crippen molar-refractivity contribution in [3.05, 3.63) is 0 Å². The number of nitrogens with zero attached hydrogens (tertiary/aromatic N) is 1. The highest BCUT2D eigenvalue weighted by Crippen LogP contribution is 2.46. The number of morpholine rings is 1. The topological polar surface area (TPSA) is 21.7 Å². The van der Waals surface area contributed by atoms with Crippen molar-refractivity contribution in [2.45, 2.75) is 56.7 Å². The molecule has 0 spiro atoms. The second-order valence-electron chi connectivity index (χ2n) is 6.65. The van der Waals surface area contributed by atoms with Crippen LogP contribution in [0.1, 0.15) is 38.5 Å². The first-order valence-corrected chi connectivity index (χ1v) is 7.87. The zero-order valence-electron chi connectivity index (χ0n) is 11.2. The Morgan fingerprint density at radius 3 is 2.61 bits per heavy atom. The summed E-state index contributed by atoms with van der Waals surface area (Å²) in [5, 5.41) is 0. The molecule has 3 heteroatoms. The van der Waals surface area contributed by atoms with E-state index in [-0.39, 0.29) is 0 Å². The van der Waals surface area contributed by atoms with E-state index in [2.05, 4.69) is 4.90 Å². The van der Waals surface area contributed by atoms with Crippen LogP contribution in [0.25, 0.3) is 0 Å². The largest absolute Gasteiger partial charge is 0.380 e. The zero-order valence-corrected chi connectivity index (χ0v) is 11.2. The van der Waals surface area contributed by atoms with Crippen LogP contribution in [0, 0.1) is 11.8 Å². The van der Waals surface area contributed by atoms with Gasteiger partial charge in [-0.05, 0) is 31.1 Å². The van der Waals surface area contributed by atoms with E-state index >= 15 is 0 Å². The minimum Gasteiger partial charge on any atom is -0.380 e. The Labute approximate surface area is 110 Å². The molecule has 3 nitrogen and oxygen atoms in total. The number of rotatable bonds is 1. The van der Waals surface area contributed by atoms with E-state index in [4.69, 9.17) is 9.47 Å². The Morgan fingerprint density at radius 2 is 1.78 bits per heavy atom. The fourth-order valence-corrected chi connectivity index (χ4v) is 4.94. The average molecular weight is 251 g/mol. The molecule has 2 aliphatic carbocycles. The van der Waals surface area contributed by atoms with Gasteiger partial charge in [-0.2, -0.15) is 0 Å². The van der Waals surface area contributed by atoms with Gasteiger partial charge < -0.3 is 9.47 Å². The second kappa shape index (κ2) is 4.77. The Bertz CT molecular complexity index is 295. The van der Waals surface area contributed by atoms with E-state index in [0.29, 0.717) is 12.1 Å². The van der Waals surface area contributed by atoms with Crippen LogP contribution in [0.15, 0.2) is 0 Å². The molecule has 2 aliphatic heterocycles. The van der Waals surface area contributed by atoms with Gasteiger partial charge >= 0.3 is 0 Å². The summed E-state index contributed by atoms with van der Waals surface area (Å²) in [6.45, 7) is 3.86. The normalized spacial score (nSPS) is 49.0. The van der Waals surface area contributed by atoms with Crippen molar-refractivity contribution in [2.24, 2.45) is 11.8 Å². The van der Waals surface area contributed by atoms with Gasteiger partial charge in [-0.1, -0.05) is 19.3 Å². The highest BCUT2D eigenvalue weighted by atomic mass is 16.5. The lowest BCUT2D eigenvalue weighted by molar-refractivity contribution is -0.142. The number of fused-ring (bicyclic) bond motifs is 2. The smallest absolute Gasteiger partial charge is 0.0775 e. The fraction of sp³-hybridized carbons (Fsp3) is 1.00. The molecule has 5 atom stereocenters. The maximum absolute atomic E-state index is 5.94. The SMILES string of the molecule is C1CC2CC(N3CCO[C@H]4CCOC[C@@H]43)C[C@H]2C1. The standard InChI is InChI=1S/C15H25NO2/c1-2-11-8-13(9-12(11)3-1)16-5-7-18-15-4-6-17-10-14(15)16/h11-15H,1-10H2/t11-,12?,13?,14+,15+/m1/s1. The van der Waals surface area contributed by atoms with Crippen LogP contribution in [0.3, 0.4) is 0 Å². The number of hydrogen-bond acceptors (Lipinski definition) is 3. The molecule has 102 valence electrons. The molecule has 0 aromatic heterocycles. The van der Waals surface area contributed by atoms with Crippen molar-refractivity contribution in [2.75, 3.05) is 26.4 Å². The van der Waals surface area contributed by atoms with E-state index in [1.54, 1.807) is 0 Å². The highest BCUT2D eigenvalue weighted by Gasteiger charge is 2.44. The van der Waals surface area contributed by atoms with Crippen LogP contribution in [0.5, 0.6) is 0 Å². The van der Waals surface area contributed by atoms with Gasteiger partial charge in [0.05, 0.1) is 25.4 Å². The van der Waals surface area contributed by atoms with E-state index < -0.39 is 0 Å². The van der Waals surface area contributed by atoms with Gasteiger partial charge in [-0.15, -0.1) is 0 Å². The summed E-state index contributed by atoms with van der Waals surface area (Å²) < 4.78 is 11.6. The molecule has 2 saturated heterocycles. The van der Waals surface area contributed by atoms with Gasteiger partial charge in [0.25, 0.3) is 0 Å². The molecule has 2 unspecified atom stereocenters. The maximum atomic E-state index is 5.94. The summed E-state index contributed by atoms with van der Waals surface area (Å²) in [7, 11) is 0. The van der Waals surface area contributed by atoms with Crippen molar-refractivity contribution in [3.8, 4) is 0 Å². The third kappa shape index (κ3) is 1.91. The summed E-state index contributed by atoms with van der Waals surface area (Å²) in [5.41, 5.74) is 0. The summed E-state index contributed by atoms with van der Waals surface area (Å²) in [5.74, 6) is 2.08. The summed E-state index contributed by atoms with van der Waals surface area (Å²) in [6, 6.07) is 1.38. The molecule has 0 bridgehead atoms. The van der Waals surface area contributed by atoms with Gasteiger partial charge in [0.2, 0.25) is 0 Å². The van der Waals surface area contributed by atoms with Crippen molar-refractivity contribution in [3.63, 3.8) is 0 Å². The number of hydrogen-bond donors (Lipinski definition) is 0. The summed E-state index contributed by atoms with van der Waals surface area (Å²) >= 11 is 0. The van der Waals surface area contributed by atoms with Gasteiger partial charge in [-0.3, -0.25) is 4.90 Å². The molecule has 4 fully saturated rings. The van der Waals surface area contributed by atoms with Crippen LogP contribution in [-0.2, 0) is 9.47 Å². The average Bonchev–Trinajstić information content (AvgIpc) is 2.99. The van der Waals surface area contributed by atoms with Crippen molar-refractivity contribution < 1.29 is 9.47 Å². The predicted octanol–water partition coefficient (Wildman–Crippen LogP) is 2.05. The first-order valence-electron chi connectivity index (χ1n) is 7.87. The van der Waals surface area contributed by atoms with Crippen molar-refractivity contribution in [1.82, 2.24) is 4.90 Å². The lowest BCUT2D eigenvalue weighted by Crippen LogP contribution is -2.58. The lowest BCUT2D eigenvalue weighted by atomic mass is 9.99. The van der Waals surface area contributed by atoms with E-state index in [1.165, 1.54) is 32.1 Å². The Morgan fingerprint density at radius 1 is 0.944 bits per heavy atom. The predicted molar refractivity (Wildman–Crippen MR) is 69.5 cm³/mol. The van der Waals surface area contributed by atoms with Crippen LogP contribution < -0.4 is 0 Å². The van der Waals surface area contributed by atoms with E-state index in [9.17, 15) is 0 Å². The van der Waals surface area contributed by atoms with Gasteiger partial charge in [0.1, 0.15) is 0 Å². The molecular formula is C15H25NO2. The molecule has 0 amide bonds. The zero-order chi connectivity index (χ0) is 11.9. The van der Waals surface area contributed by atoms with E-state index in [1.807, 2.05) is 0 Å². The Hall–Kier alpha value is -0.120. The van der Waals surface area contributed by atoms with Gasteiger partial charge in [-0.25, -0.2) is 0 Å². The highest BCUT2D eigenvalue weighted by molar-refractivity contribution is 4.97. The monoisotopic (exact) mass is 251 g/mol. The third-order valence-corrected chi connectivity index (χ3v) is 5.81. The molecule has 2 saturated carbocycles. The van der Waals surface area contributed by atoms with E-state index in [0.717, 1.165) is 50.7 Å². The van der Waals surface area contributed by atoms with Crippen molar-refractivity contribution >= 4 is 0 Å². The quantitative estimate of drug-likeness (QED) is 0.712. The minimum absolute atomic E-state index is 0.452. The molecule has 0 aromatic carbocycles. The molecular weight excluding hydrogens is 226 g/mol. The van der Waals surface area contributed by atoms with Crippen molar-refractivity contribution in [1.29, 1.82) is 0 Å². The maximum Gasteiger partial charge on any atom is 0.0775 e. The molecule has 0 radical (unpaired) electrons. The van der Waals surface area contributed by atoms with Crippen LogP contribution in [-0.4, -0.2) is 49.5 Å². The van der Waals surface area contributed by atoms with Gasteiger partial charge in [0.15, 0.2) is 0 Å². The molecule has 0 aromatic rings. The first kappa shape index (κ1) is 11.7. The molecule has 4 aliphatic rings. The lowest BCUT2D eigenvalue weighted by Gasteiger charge is -2.46. The molecule has 18 heavy (non-hydrogen) atoms.